The third kappa shape index (κ3) is 2.73. The molecule has 2 atom stereocenters. The summed E-state index contributed by atoms with van der Waals surface area (Å²) in [5.74, 6) is 0.346. The predicted molar refractivity (Wildman–Crippen MR) is 101 cm³/mol. The minimum atomic E-state index is -0.419. The molecule has 1 aliphatic heterocycles. The zero-order valence-electron chi connectivity index (χ0n) is 14.5. The molecule has 3 aromatic rings. The van der Waals surface area contributed by atoms with E-state index in [0.717, 1.165) is 27.7 Å². The number of rotatable bonds is 3. The molecule has 0 unspecified atom stereocenters. The van der Waals surface area contributed by atoms with E-state index in [1.807, 2.05) is 36.4 Å². The zero-order chi connectivity index (χ0) is 18.3. The first-order valence-electron chi connectivity index (χ1n) is 8.39. The second-order valence-electron chi connectivity index (χ2n) is 6.34. The molecular weight excluding hydrogens is 352 g/mol. The molecule has 134 valence electrons. The van der Waals surface area contributed by atoms with E-state index < -0.39 is 6.04 Å². The highest BCUT2D eigenvalue weighted by atomic mass is 35.5. The topological polar surface area (TPSA) is 63.4 Å². The molecule has 0 spiro atoms. The van der Waals surface area contributed by atoms with Crippen LogP contribution in [-0.4, -0.2) is 31.2 Å². The van der Waals surface area contributed by atoms with Crippen molar-refractivity contribution < 1.29 is 14.3 Å². The second-order valence-corrected chi connectivity index (χ2v) is 6.74. The standard InChI is InChI=1S/C20H19ClN2O3/c1-25-17-8-7-11(9-14(17)21)18-19-13(10-16(23-18)20(24)26-2)12-5-3-4-6-15(12)22-19/h3-9,16,18,22-23H,10H2,1-2H3/t16-,18+/m1/s1. The average molecular weight is 371 g/mol. The Hall–Kier alpha value is -2.50. The van der Waals surface area contributed by atoms with Crippen molar-refractivity contribution in [3.63, 3.8) is 0 Å². The fraction of sp³-hybridized carbons (Fsp3) is 0.250. The molecule has 0 radical (unpaired) electrons. The third-order valence-electron chi connectivity index (χ3n) is 4.91. The smallest absolute Gasteiger partial charge is 0.323 e. The van der Waals surface area contributed by atoms with Crippen molar-refractivity contribution in [2.24, 2.45) is 0 Å². The van der Waals surface area contributed by atoms with E-state index in [9.17, 15) is 4.79 Å². The summed E-state index contributed by atoms with van der Waals surface area (Å²) in [6, 6.07) is 13.2. The van der Waals surface area contributed by atoms with Crippen molar-refractivity contribution in [2.45, 2.75) is 18.5 Å². The van der Waals surface area contributed by atoms with Crippen LogP contribution in [0.1, 0.15) is 22.9 Å². The highest BCUT2D eigenvalue weighted by Crippen LogP contribution is 2.37. The van der Waals surface area contributed by atoms with E-state index in [1.165, 1.54) is 7.11 Å². The lowest BCUT2D eigenvalue weighted by atomic mass is 9.90. The Morgan fingerprint density at radius 1 is 1.19 bits per heavy atom. The quantitative estimate of drug-likeness (QED) is 0.691. The third-order valence-corrected chi connectivity index (χ3v) is 5.20. The van der Waals surface area contributed by atoms with Crippen LogP contribution in [0.2, 0.25) is 5.02 Å². The van der Waals surface area contributed by atoms with E-state index in [0.29, 0.717) is 17.2 Å². The van der Waals surface area contributed by atoms with Gasteiger partial charge in [0, 0.05) is 23.0 Å². The first-order valence-corrected chi connectivity index (χ1v) is 8.77. The number of methoxy groups -OCH3 is 2. The molecule has 0 bridgehead atoms. The van der Waals surface area contributed by atoms with Gasteiger partial charge in [-0.25, -0.2) is 0 Å². The summed E-state index contributed by atoms with van der Waals surface area (Å²) in [6.07, 6.45) is 0.576. The largest absolute Gasteiger partial charge is 0.495 e. The SMILES string of the molecule is COC(=O)[C@H]1Cc2c([nH]c3ccccc23)[C@H](c2ccc(OC)c(Cl)c2)N1. The van der Waals surface area contributed by atoms with Gasteiger partial charge in [-0.2, -0.15) is 0 Å². The molecule has 0 amide bonds. The van der Waals surface area contributed by atoms with Gasteiger partial charge in [0.25, 0.3) is 0 Å². The second kappa shape index (κ2) is 6.67. The number of para-hydroxylation sites is 1. The Kier molecular flexibility index (Phi) is 4.34. The number of carbonyl (C=O) groups excluding carboxylic acids is 1. The van der Waals surface area contributed by atoms with Gasteiger partial charge in [0.15, 0.2) is 0 Å². The van der Waals surface area contributed by atoms with Gasteiger partial charge in [0.2, 0.25) is 0 Å². The number of hydrogen-bond donors (Lipinski definition) is 2. The number of aromatic nitrogens is 1. The van der Waals surface area contributed by atoms with Crippen LogP contribution in [-0.2, 0) is 16.0 Å². The van der Waals surface area contributed by atoms with Crippen LogP contribution in [0.15, 0.2) is 42.5 Å². The molecule has 4 rings (SSSR count). The molecule has 2 heterocycles. The molecule has 2 N–H and O–H groups in total. The molecular formula is C20H19ClN2O3. The van der Waals surface area contributed by atoms with Crippen LogP contribution < -0.4 is 10.1 Å². The summed E-state index contributed by atoms with van der Waals surface area (Å²) in [5, 5.41) is 5.06. The number of esters is 1. The first-order chi connectivity index (χ1) is 12.6. The maximum atomic E-state index is 12.2. The van der Waals surface area contributed by atoms with Gasteiger partial charge < -0.3 is 14.5 Å². The Morgan fingerprint density at radius 2 is 2.00 bits per heavy atom. The number of benzene rings is 2. The number of nitrogens with one attached hydrogen (secondary N) is 2. The Morgan fingerprint density at radius 3 is 2.73 bits per heavy atom. The highest BCUT2D eigenvalue weighted by molar-refractivity contribution is 6.32. The molecule has 1 aromatic heterocycles. The molecule has 0 aliphatic carbocycles. The van der Waals surface area contributed by atoms with Crippen molar-refractivity contribution in [1.82, 2.24) is 10.3 Å². The molecule has 0 saturated carbocycles. The molecule has 2 aromatic carbocycles. The van der Waals surface area contributed by atoms with Gasteiger partial charge in [0.05, 0.1) is 25.3 Å². The number of hydrogen-bond acceptors (Lipinski definition) is 4. The van der Waals surface area contributed by atoms with Gasteiger partial charge in [-0.1, -0.05) is 35.9 Å². The molecule has 1 aliphatic rings. The summed E-state index contributed by atoms with van der Waals surface area (Å²) in [5.41, 5.74) is 4.19. The molecule has 6 heteroatoms. The molecule has 0 saturated heterocycles. The summed E-state index contributed by atoms with van der Waals surface area (Å²) >= 11 is 6.33. The van der Waals surface area contributed by atoms with Crippen molar-refractivity contribution in [2.75, 3.05) is 14.2 Å². The number of ether oxygens (including phenoxy) is 2. The van der Waals surface area contributed by atoms with Crippen molar-refractivity contribution in [3.05, 3.63) is 64.3 Å². The Labute approximate surface area is 156 Å². The lowest BCUT2D eigenvalue weighted by Gasteiger charge is -2.30. The lowest BCUT2D eigenvalue weighted by Crippen LogP contribution is -2.45. The van der Waals surface area contributed by atoms with Gasteiger partial charge in [-0.3, -0.25) is 10.1 Å². The van der Waals surface area contributed by atoms with Crippen molar-refractivity contribution in [3.8, 4) is 5.75 Å². The minimum absolute atomic E-state index is 0.196. The number of fused-ring (bicyclic) bond motifs is 3. The normalized spacial score (nSPS) is 19.2. The zero-order valence-corrected chi connectivity index (χ0v) is 15.3. The van der Waals surface area contributed by atoms with Crippen LogP contribution in [0.4, 0.5) is 0 Å². The Balaban J connectivity index is 1.86. The number of aromatic amines is 1. The Bertz CT molecular complexity index is 982. The van der Waals surface area contributed by atoms with Crippen molar-refractivity contribution in [1.29, 1.82) is 0 Å². The van der Waals surface area contributed by atoms with E-state index in [2.05, 4.69) is 16.4 Å². The summed E-state index contributed by atoms with van der Waals surface area (Å²) in [7, 11) is 3.00. The molecule has 26 heavy (non-hydrogen) atoms. The van der Waals surface area contributed by atoms with Gasteiger partial charge >= 0.3 is 5.97 Å². The summed E-state index contributed by atoms with van der Waals surface area (Å²) in [4.78, 5) is 15.7. The predicted octanol–water partition coefficient (Wildman–Crippen LogP) is 3.61. The van der Waals surface area contributed by atoms with Crippen LogP contribution >= 0.6 is 11.6 Å². The fourth-order valence-corrected chi connectivity index (χ4v) is 3.92. The molecule has 5 nitrogen and oxygen atoms in total. The number of halogens is 1. The average Bonchev–Trinajstić information content (AvgIpc) is 3.05. The summed E-state index contributed by atoms with van der Waals surface area (Å²) in [6.45, 7) is 0. The first kappa shape index (κ1) is 16.9. The van der Waals surface area contributed by atoms with Crippen LogP contribution in [0.3, 0.4) is 0 Å². The number of carbonyl (C=O) groups is 1. The van der Waals surface area contributed by atoms with E-state index in [-0.39, 0.29) is 12.0 Å². The van der Waals surface area contributed by atoms with Gasteiger partial charge in [-0.15, -0.1) is 0 Å². The number of H-pyrrole nitrogens is 1. The lowest BCUT2D eigenvalue weighted by molar-refractivity contribution is -0.143. The monoisotopic (exact) mass is 370 g/mol. The summed E-state index contributed by atoms with van der Waals surface area (Å²) < 4.78 is 10.2. The van der Waals surface area contributed by atoms with E-state index >= 15 is 0 Å². The van der Waals surface area contributed by atoms with E-state index in [1.54, 1.807) is 7.11 Å². The maximum absolute atomic E-state index is 12.2. The van der Waals surface area contributed by atoms with Crippen LogP contribution in [0.5, 0.6) is 5.75 Å². The maximum Gasteiger partial charge on any atom is 0.323 e. The molecule has 0 fully saturated rings. The van der Waals surface area contributed by atoms with Gasteiger partial charge in [-0.05, 0) is 29.3 Å². The van der Waals surface area contributed by atoms with Crippen LogP contribution in [0.25, 0.3) is 10.9 Å². The highest BCUT2D eigenvalue weighted by Gasteiger charge is 2.34. The van der Waals surface area contributed by atoms with Gasteiger partial charge in [0.1, 0.15) is 11.8 Å². The van der Waals surface area contributed by atoms with Crippen molar-refractivity contribution >= 4 is 28.5 Å². The fourth-order valence-electron chi connectivity index (χ4n) is 3.65. The minimum Gasteiger partial charge on any atom is -0.495 e. The van der Waals surface area contributed by atoms with Crippen LogP contribution in [0, 0.1) is 0 Å². The van der Waals surface area contributed by atoms with E-state index in [4.69, 9.17) is 21.1 Å².